The van der Waals surface area contributed by atoms with Gasteiger partial charge in [0.1, 0.15) is 31.3 Å². The van der Waals surface area contributed by atoms with Crippen LogP contribution in [0.15, 0.2) is 36.7 Å². The van der Waals surface area contributed by atoms with Crippen LogP contribution >= 0.6 is 0 Å². The molecule has 0 radical (unpaired) electrons. The predicted octanol–water partition coefficient (Wildman–Crippen LogP) is 6.74. The number of hydrogen-bond donors (Lipinski definition) is 0. The molecule has 4 nitrogen and oxygen atoms in total. The zero-order valence-electron chi connectivity index (χ0n) is 18.2. The van der Waals surface area contributed by atoms with E-state index in [4.69, 9.17) is 9.47 Å². The molecule has 2 aromatic rings. The zero-order chi connectivity index (χ0) is 21.6. The van der Waals surface area contributed by atoms with Crippen LogP contribution in [0.4, 0.5) is 8.78 Å². The highest BCUT2D eigenvalue weighted by Crippen LogP contribution is 2.21. The van der Waals surface area contributed by atoms with Crippen molar-refractivity contribution < 1.29 is 18.3 Å². The molecule has 1 heterocycles. The van der Waals surface area contributed by atoms with Crippen LogP contribution in [0.5, 0.6) is 11.5 Å². The first-order valence-electron chi connectivity index (χ1n) is 11.1. The lowest BCUT2D eigenvalue weighted by atomic mass is 10.1. The summed E-state index contributed by atoms with van der Waals surface area (Å²) in [4.78, 5) is 8.58. The van der Waals surface area contributed by atoms with E-state index in [1.807, 2.05) is 12.1 Å². The van der Waals surface area contributed by atoms with E-state index in [1.54, 1.807) is 31.5 Å². The molecule has 6 heteroatoms. The highest BCUT2D eigenvalue weighted by Gasteiger charge is 2.09. The molecule has 0 N–H and O–H groups in total. The molecule has 2 atom stereocenters. The Morgan fingerprint density at radius 2 is 1.37 bits per heavy atom. The molecule has 0 unspecified atom stereocenters. The summed E-state index contributed by atoms with van der Waals surface area (Å²) in [5.74, 6) is 1.60. The van der Waals surface area contributed by atoms with Crippen molar-refractivity contribution in [2.75, 3.05) is 13.2 Å². The lowest BCUT2D eigenvalue weighted by Crippen LogP contribution is -2.13. The van der Waals surface area contributed by atoms with Crippen LogP contribution in [-0.2, 0) is 0 Å². The molecule has 0 aliphatic rings. The SMILES string of the molecule is CCCCCCCC[C@@H](F)COc1cnc(-c2ccc(OC[C@H](F)CC)cc2)nc1. The number of alkyl halides is 2. The smallest absolute Gasteiger partial charge is 0.159 e. The van der Waals surface area contributed by atoms with Gasteiger partial charge >= 0.3 is 0 Å². The highest BCUT2D eigenvalue weighted by molar-refractivity contribution is 5.56. The van der Waals surface area contributed by atoms with Crippen molar-refractivity contribution in [1.29, 1.82) is 0 Å². The minimum absolute atomic E-state index is 0.0248. The Bertz CT molecular complexity index is 695. The van der Waals surface area contributed by atoms with E-state index in [9.17, 15) is 8.78 Å². The second-order valence-corrected chi connectivity index (χ2v) is 7.55. The average Bonchev–Trinajstić information content (AvgIpc) is 2.79. The standard InChI is InChI=1S/C24H34F2N2O2/c1-3-5-6-7-8-9-10-21(26)18-30-23-15-27-24(28-16-23)19-11-13-22(14-12-19)29-17-20(25)4-2/h11-16,20-21H,3-10,17-18H2,1-2H3/t20-,21-/m1/s1. The maximum Gasteiger partial charge on any atom is 0.159 e. The van der Waals surface area contributed by atoms with Gasteiger partial charge in [-0.05, 0) is 37.1 Å². The Kier molecular flexibility index (Phi) is 11.1. The van der Waals surface area contributed by atoms with E-state index >= 15 is 0 Å². The third-order valence-corrected chi connectivity index (χ3v) is 4.92. The van der Waals surface area contributed by atoms with Gasteiger partial charge in [-0.3, -0.25) is 0 Å². The maximum absolute atomic E-state index is 14.0. The quantitative estimate of drug-likeness (QED) is 0.299. The Morgan fingerprint density at radius 1 is 0.767 bits per heavy atom. The number of aromatic nitrogens is 2. The van der Waals surface area contributed by atoms with Gasteiger partial charge < -0.3 is 9.47 Å². The van der Waals surface area contributed by atoms with E-state index < -0.39 is 12.3 Å². The first-order chi connectivity index (χ1) is 14.6. The van der Waals surface area contributed by atoms with Crippen LogP contribution in [0.25, 0.3) is 11.4 Å². The molecular weight excluding hydrogens is 386 g/mol. The number of nitrogens with zero attached hydrogens (tertiary/aromatic N) is 2. The number of halogens is 2. The van der Waals surface area contributed by atoms with Crippen molar-refractivity contribution in [2.45, 2.75) is 77.6 Å². The largest absolute Gasteiger partial charge is 0.491 e. The summed E-state index contributed by atoms with van der Waals surface area (Å²) in [5.41, 5.74) is 0.813. The van der Waals surface area contributed by atoms with Gasteiger partial charge in [0, 0.05) is 5.56 Å². The molecule has 0 saturated carbocycles. The van der Waals surface area contributed by atoms with E-state index in [0.29, 0.717) is 30.2 Å². The second-order valence-electron chi connectivity index (χ2n) is 7.55. The van der Waals surface area contributed by atoms with Crippen LogP contribution in [0.2, 0.25) is 0 Å². The molecule has 2 rings (SSSR count). The molecule has 0 saturated heterocycles. The molecule has 0 amide bonds. The van der Waals surface area contributed by atoms with Crippen molar-refractivity contribution in [3.8, 4) is 22.9 Å². The Hall–Kier alpha value is -2.24. The van der Waals surface area contributed by atoms with Crippen LogP contribution < -0.4 is 9.47 Å². The number of unbranched alkanes of at least 4 members (excludes halogenated alkanes) is 5. The first kappa shape index (κ1) is 24.0. The summed E-state index contributed by atoms with van der Waals surface area (Å²) in [7, 11) is 0. The fourth-order valence-corrected chi connectivity index (χ4v) is 2.96. The number of rotatable bonds is 15. The number of benzene rings is 1. The summed E-state index contributed by atoms with van der Waals surface area (Å²) in [6.45, 7) is 4.04. The fraction of sp³-hybridized carbons (Fsp3) is 0.583. The minimum Gasteiger partial charge on any atom is -0.491 e. The van der Waals surface area contributed by atoms with E-state index in [-0.39, 0.29) is 13.2 Å². The molecule has 0 aliphatic carbocycles. The Balaban J connectivity index is 1.72. The third kappa shape index (κ3) is 9.06. The van der Waals surface area contributed by atoms with Gasteiger partial charge in [-0.2, -0.15) is 0 Å². The molecule has 0 bridgehead atoms. The van der Waals surface area contributed by atoms with Crippen molar-refractivity contribution in [1.82, 2.24) is 9.97 Å². The lowest BCUT2D eigenvalue weighted by Gasteiger charge is -2.11. The summed E-state index contributed by atoms with van der Waals surface area (Å²) < 4.78 is 38.1. The molecule has 1 aromatic carbocycles. The van der Waals surface area contributed by atoms with Crippen LogP contribution in [-0.4, -0.2) is 35.5 Å². The molecular formula is C24H34F2N2O2. The molecule has 166 valence electrons. The third-order valence-electron chi connectivity index (χ3n) is 4.92. The van der Waals surface area contributed by atoms with Crippen molar-refractivity contribution in [3.05, 3.63) is 36.7 Å². The normalized spacial score (nSPS) is 13.1. The predicted molar refractivity (Wildman–Crippen MR) is 117 cm³/mol. The molecule has 0 spiro atoms. The van der Waals surface area contributed by atoms with Crippen LogP contribution in [0.3, 0.4) is 0 Å². The first-order valence-corrected chi connectivity index (χ1v) is 11.1. The Labute approximate surface area is 179 Å². The lowest BCUT2D eigenvalue weighted by molar-refractivity contribution is 0.183. The fourth-order valence-electron chi connectivity index (χ4n) is 2.96. The topological polar surface area (TPSA) is 44.2 Å². The average molecular weight is 421 g/mol. The van der Waals surface area contributed by atoms with E-state index in [1.165, 1.54) is 25.7 Å². The van der Waals surface area contributed by atoms with Gasteiger partial charge in [0.2, 0.25) is 0 Å². The van der Waals surface area contributed by atoms with E-state index in [2.05, 4.69) is 16.9 Å². The summed E-state index contributed by atoms with van der Waals surface area (Å²) in [6, 6.07) is 7.17. The van der Waals surface area contributed by atoms with Crippen molar-refractivity contribution >= 4 is 0 Å². The van der Waals surface area contributed by atoms with Gasteiger partial charge in [-0.1, -0.05) is 52.4 Å². The van der Waals surface area contributed by atoms with Gasteiger partial charge in [0.25, 0.3) is 0 Å². The summed E-state index contributed by atoms with van der Waals surface area (Å²) in [5, 5.41) is 0. The van der Waals surface area contributed by atoms with Crippen molar-refractivity contribution in [3.63, 3.8) is 0 Å². The van der Waals surface area contributed by atoms with Crippen LogP contribution in [0, 0.1) is 0 Å². The van der Waals surface area contributed by atoms with Crippen LogP contribution in [0.1, 0.15) is 65.2 Å². The van der Waals surface area contributed by atoms with Gasteiger partial charge in [0.15, 0.2) is 11.6 Å². The zero-order valence-corrected chi connectivity index (χ0v) is 18.2. The monoisotopic (exact) mass is 420 g/mol. The number of hydrogen-bond acceptors (Lipinski definition) is 4. The molecule has 0 fully saturated rings. The molecule has 30 heavy (non-hydrogen) atoms. The summed E-state index contributed by atoms with van der Waals surface area (Å²) in [6.07, 6.45) is 9.01. The Morgan fingerprint density at radius 3 is 2.03 bits per heavy atom. The number of ether oxygens (including phenoxy) is 2. The second kappa shape index (κ2) is 13.9. The highest BCUT2D eigenvalue weighted by atomic mass is 19.1. The maximum atomic E-state index is 14.0. The molecule has 1 aromatic heterocycles. The van der Waals surface area contributed by atoms with Gasteiger partial charge in [-0.15, -0.1) is 0 Å². The minimum atomic E-state index is -0.972. The summed E-state index contributed by atoms with van der Waals surface area (Å²) >= 11 is 0. The van der Waals surface area contributed by atoms with Gasteiger partial charge in [0.05, 0.1) is 12.4 Å². The van der Waals surface area contributed by atoms with Gasteiger partial charge in [-0.25, -0.2) is 18.7 Å². The molecule has 0 aliphatic heterocycles. The van der Waals surface area contributed by atoms with E-state index in [0.717, 1.165) is 18.4 Å². The van der Waals surface area contributed by atoms with Crippen molar-refractivity contribution in [2.24, 2.45) is 0 Å².